The summed E-state index contributed by atoms with van der Waals surface area (Å²) in [6.45, 7) is 6.30. The molecule has 0 aliphatic rings. The summed E-state index contributed by atoms with van der Waals surface area (Å²) in [6.07, 6.45) is -5.55. The molecular formula is C7H13F5O. The van der Waals surface area contributed by atoms with Crippen LogP contribution in [-0.4, -0.2) is 19.5 Å². The molecule has 0 heterocycles. The molecule has 0 aliphatic carbocycles. The van der Waals surface area contributed by atoms with Crippen molar-refractivity contribution < 1.29 is 27.0 Å². The van der Waals surface area contributed by atoms with Crippen LogP contribution in [0.15, 0.2) is 13.2 Å². The van der Waals surface area contributed by atoms with E-state index in [0.29, 0.717) is 0 Å². The molecule has 0 radical (unpaired) electrons. The summed E-state index contributed by atoms with van der Waals surface area (Å²) in [7, 11) is 0. The SMILES string of the molecule is C=C.CCF.FOCCC(F)(F)F. The van der Waals surface area contributed by atoms with Gasteiger partial charge in [-0.15, -0.1) is 13.2 Å². The third-order valence-electron chi connectivity index (χ3n) is 0.463. The molecule has 1 nitrogen and oxygen atoms in total. The second-order valence-corrected chi connectivity index (χ2v) is 1.45. The maximum Gasteiger partial charge on any atom is 0.391 e. The van der Waals surface area contributed by atoms with E-state index in [4.69, 9.17) is 0 Å². The van der Waals surface area contributed by atoms with E-state index < -0.39 is 19.2 Å². The fraction of sp³-hybridized carbons (Fsp3) is 0.714. The Hall–Kier alpha value is -0.650. The normalized spacial score (nSPS) is 9.08. The van der Waals surface area contributed by atoms with Gasteiger partial charge < -0.3 is 0 Å². The Morgan fingerprint density at radius 1 is 1.23 bits per heavy atom. The minimum Gasteiger partial charge on any atom is -0.251 e. The molecule has 0 aromatic carbocycles. The molecule has 0 saturated carbocycles. The number of rotatable bonds is 2. The lowest BCUT2D eigenvalue weighted by Gasteiger charge is -2.00. The molecule has 0 atom stereocenters. The van der Waals surface area contributed by atoms with Crippen LogP contribution in [0.2, 0.25) is 0 Å². The second-order valence-electron chi connectivity index (χ2n) is 1.45. The molecule has 0 rings (SSSR count). The maximum atomic E-state index is 11.0. The monoisotopic (exact) mass is 208 g/mol. The van der Waals surface area contributed by atoms with Gasteiger partial charge in [0.25, 0.3) is 0 Å². The lowest BCUT2D eigenvalue weighted by Crippen LogP contribution is -2.09. The van der Waals surface area contributed by atoms with Crippen LogP contribution in [0.5, 0.6) is 0 Å². The van der Waals surface area contributed by atoms with E-state index in [0.717, 1.165) is 0 Å². The van der Waals surface area contributed by atoms with Gasteiger partial charge in [0.05, 0.1) is 19.7 Å². The highest BCUT2D eigenvalue weighted by molar-refractivity contribution is 4.45. The summed E-state index contributed by atoms with van der Waals surface area (Å²) in [5.41, 5.74) is 0. The number of alkyl halides is 4. The molecule has 13 heavy (non-hydrogen) atoms. The second kappa shape index (κ2) is 13.9. The Morgan fingerprint density at radius 3 is 1.62 bits per heavy atom. The zero-order chi connectivity index (χ0) is 11.3. The van der Waals surface area contributed by atoms with Gasteiger partial charge in [-0.1, -0.05) is 0 Å². The molecule has 6 heteroatoms. The van der Waals surface area contributed by atoms with Crippen LogP contribution in [0.4, 0.5) is 22.1 Å². The Balaban J connectivity index is -0.000000169. The van der Waals surface area contributed by atoms with E-state index >= 15 is 0 Å². The highest BCUT2D eigenvalue weighted by atomic mass is 19.4. The first-order valence-corrected chi connectivity index (χ1v) is 3.34. The summed E-state index contributed by atoms with van der Waals surface area (Å²) in [6, 6.07) is 0. The molecule has 0 unspecified atom stereocenters. The van der Waals surface area contributed by atoms with Crippen molar-refractivity contribution in [1.29, 1.82) is 0 Å². The molecule has 0 amide bonds. The first-order valence-electron chi connectivity index (χ1n) is 3.34. The lowest BCUT2D eigenvalue weighted by molar-refractivity contribution is -0.188. The molecule has 0 aromatic rings. The fourth-order valence-corrected chi connectivity index (χ4v) is 0.154. The summed E-state index contributed by atoms with van der Waals surface area (Å²) >= 11 is 0. The predicted molar refractivity (Wildman–Crippen MR) is 40.6 cm³/mol. The minimum atomic E-state index is -4.31. The standard InChI is InChI=1S/C3H4F4O.C2H5F.C2H4/c4-3(5,6)1-2-8-7;1-2-3;1-2/h1-2H2;2H2,1H3;1-2H2. The van der Waals surface area contributed by atoms with Crippen molar-refractivity contribution in [2.45, 2.75) is 19.5 Å². The van der Waals surface area contributed by atoms with Crippen LogP contribution in [0.3, 0.4) is 0 Å². The fourth-order valence-electron chi connectivity index (χ4n) is 0.154. The molecule has 0 aromatic heterocycles. The van der Waals surface area contributed by atoms with E-state index in [-0.39, 0.29) is 6.67 Å². The molecule has 0 aliphatic heterocycles. The quantitative estimate of drug-likeness (QED) is 0.497. The van der Waals surface area contributed by atoms with Crippen LogP contribution in [0, 0.1) is 0 Å². The Kier molecular flexibility index (Phi) is 19.5. The van der Waals surface area contributed by atoms with Crippen molar-refractivity contribution in [3.8, 4) is 0 Å². The Bertz CT molecular complexity index is 83.4. The number of hydrogen-bond acceptors (Lipinski definition) is 1. The van der Waals surface area contributed by atoms with Crippen LogP contribution < -0.4 is 0 Å². The molecular weight excluding hydrogens is 195 g/mol. The van der Waals surface area contributed by atoms with Crippen molar-refractivity contribution in [1.82, 2.24) is 0 Å². The van der Waals surface area contributed by atoms with Crippen LogP contribution in [0.25, 0.3) is 0 Å². The highest BCUT2D eigenvalue weighted by Gasteiger charge is 2.26. The van der Waals surface area contributed by atoms with Gasteiger partial charge in [-0.3, -0.25) is 4.39 Å². The summed E-state index contributed by atoms with van der Waals surface area (Å²) in [4.78, 5) is 2.70. The summed E-state index contributed by atoms with van der Waals surface area (Å²) in [5, 5.41) is 0. The molecule has 0 bridgehead atoms. The summed E-state index contributed by atoms with van der Waals surface area (Å²) < 4.78 is 53.8. The molecule has 0 fully saturated rings. The van der Waals surface area contributed by atoms with Gasteiger partial charge >= 0.3 is 6.18 Å². The largest absolute Gasteiger partial charge is 0.391 e. The predicted octanol–water partition coefficient (Wildman–Crippen LogP) is 3.62. The first-order chi connectivity index (χ1) is 5.97. The van der Waals surface area contributed by atoms with Crippen molar-refractivity contribution in [2.24, 2.45) is 0 Å². The zero-order valence-electron chi connectivity index (χ0n) is 7.33. The van der Waals surface area contributed by atoms with Crippen LogP contribution >= 0.6 is 0 Å². The van der Waals surface area contributed by atoms with Gasteiger partial charge in [0.2, 0.25) is 0 Å². The van der Waals surface area contributed by atoms with Gasteiger partial charge in [0, 0.05) is 0 Å². The van der Waals surface area contributed by atoms with Gasteiger partial charge in [0.1, 0.15) is 0 Å². The van der Waals surface area contributed by atoms with Crippen molar-refractivity contribution in [3.63, 3.8) is 0 Å². The van der Waals surface area contributed by atoms with Gasteiger partial charge in [0.15, 0.2) is 0 Å². The molecule has 0 N–H and O–H groups in total. The number of hydrogen-bond donors (Lipinski definition) is 0. The van der Waals surface area contributed by atoms with E-state index in [2.05, 4.69) is 18.1 Å². The minimum absolute atomic E-state index is 0.250. The summed E-state index contributed by atoms with van der Waals surface area (Å²) in [5.74, 6) is 0. The molecule has 0 saturated heterocycles. The average Bonchev–Trinajstić information content (AvgIpc) is 2.05. The van der Waals surface area contributed by atoms with Crippen LogP contribution in [-0.2, 0) is 4.94 Å². The van der Waals surface area contributed by atoms with Crippen molar-refractivity contribution >= 4 is 0 Å². The maximum absolute atomic E-state index is 11.0. The van der Waals surface area contributed by atoms with E-state index in [1.54, 1.807) is 0 Å². The smallest absolute Gasteiger partial charge is 0.251 e. The average molecular weight is 208 g/mol. The third kappa shape index (κ3) is 52.4. The first kappa shape index (κ1) is 18.2. The van der Waals surface area contributed by atoms with E-state index in [9.17, 15) is 22.1 Å². The van der Waals surface area contributed by atoms with E-state index in [1.807, 2.05) is 0 Å². The third-order valence-corrected chi connectivity index (χ3v) is 0.463. The number of halogens is 5. The van der Waals surface area contributed by atoms with Gasteiger partial charge in [-0.2, -0.15) is 18.1 Å². The topological polar surface area (TPSA) is 9.23 Å². The van der Waals surface area contributed by atoms with E-state index in [1.165, 1.54) is 6.92 Å². The van der Waals surface area contributed by atoms with Gasteiger partial charge in [-0.05, 0) is 11.4 Å². The Labute approximate surface area is 74.1 Å². The highest BCUT2D eigenvalue weighted by Crippen LogP contribution is 2.18. The van der Waals surface area contributed by atoms with Gasteiger partial charge in [-0.25, -0.2) is 0 Å². The van der Waals surface area contributed by atoms with Crippen LogP contribution in [0.1, 0.15) is 13.3 Å². The molecule has 82 valence electrons. The van der Waals surface area contributed by atoms with Crippen molar-refractivity contribution in [2.75, 3.05) is 13.3 Å². The zero-order valence-corrected chi connectivity index (χ0v) is 7.33. The Morgan fingerprint density at radius 2 is 1.54 bits per heavy atom. The molecule has 0 spiro atoms. The lowest BCUT2D eigenvalue weighted by atomic mass is 10.5. The van der Waals surface area contributed by atoms with Crippen molar-refractivity contribution in [3.05, 3.63) is 13.2 Å².